The molecular weight excluding hydrogens is 414 g/mol. The van der Waals surface area contributed by atoms with Crippen LogP contribution in [0.25, 0.3) is 20.5 Å². The van der Waals surface area contributed by atoms with Crippen LogP contribution in [-0.4, -0.2) is 35.4 Å². The fourth-order valence-electron chi connectivity index (χ4n) is 4.58. The van der Waals surface area contributed by atoms with Crippen molar-refractivity contribution in [1.82, 2.24) is 4.90 Å². The van der Waals surface area contributed by atoms with Gasteiger partial charge in [0, 0.05) is 26.1 Å². The number of hydrogen-bond donors (Lipinski definition) is 1. The summed E-state index contributed by atoms with van der Waals surface area (Å²) in [4.78, 5) is 17.1. The monoisotopic (exact) mass is 441 g/mol. The number of carbonyl (C=O) groups excluding carboxylic acids is 1. The van der Waals surface area contributed by atoms with Gasteiger partial charge in [-0.3, -0.25) is 4.79 Å². The quantitative estimate of drug-likeness (QED) is 0.331. The summed E-state index contributed by atoms with van der Waals surface area (Å²) in [6, 6.07) is 23.4. The molecule has 0 aliphatic carbocycles. The third-order valence-corrected chi connectivity index (χ3v) is 7.49. The molecule has 4 heteroatoms. The highest BCUT2D eigenvalue weighted by atomic mass is 32.1. The van der Waals surface area contributed by atoms with Crippen LogP contribution in [-0.2, 0) is 6.42 Å². The largest absolute Gasteiger partial charge is 0.508 e. The number of ketones is 1. The van der Waals surface area contributed by atoms with Gasteiger partial charge in [0.1, 0.15) is 5.75 Å². The van der Waals surface area contributed by atoms with E-state index in [0.717, 1.165) is 45.5 Å². The summed E-state index contributed by atoms with van der Waals surface area (Å²) in [5, 5.41) is 10.8. The van der Waals surface area contributed by atoms with Gasteiger partial charge in [0.15, 0.2) is 5.78 Å². The first-order valence-corrected chi connectivity index (χ1v) is 12.2. The number of aryl methyl sites for hydroxylation is 1. The molecule has 0 spiro atoms. The van der Waals surface area contributed by atoms with Crippen molar-refractivity contribution in [3.63, 3.8) is 0 Å². The number of phenolic OH excluding ortho intramolecular Hbond substituents is 1. The second-order valence-corrected chi connectivity index (χ2v) is 9.58. The van der Waals surface area contributed by atoms with E-state index >= 15 is 0 Å². The normalized spacial score (nSPS) is 14.2. The molecule has 2 heterocycles. The number of benzene rings is 3. The maximum Gasteiger partial charge on any atom is 0.195 e. The molecule has 4 aromatic rings. The van der Waals surface area contributed by atoms with Crippen LogP contribution in [0.3, 0.4) is 0 Å². The van der Waals surface area contributed by atoms with Crippen molar-refractivity contribution in [2.24, 2.45) is 0 Å². The molecule has 1 N–H and O–H groups in total. The molecule has 3 nitrogen and oxygen atoms in total. The SMILES string of the molecule is O=C(c1ccc(CCCN2CCCC2)cc1)c1c(-c2ccccc2)sc2cc(O)ccc12. The van der Waals surface area contributed by atoms with E-state index in [0.29, 0.717) is 5.56 Å². The standard InChI is InChI=1S/C28H27NO2S/c30-23-14-15-24-25(19-23)32-28(22-8-2-1-3-9-22)26(24)27(31)21-12-10-20(11-13-21)7-6-18-29-16-4-5-17-29/h1-3,8-15,19,30H,4-7,16-18H2. The lowest BCUT2D eigenvalue weighted by Crippen LogP contribution is -2.20. The summed E-state index contributed by atoms with van der Waals surface area (Å²) in [5.41, 5.74) is 3.73. The van der Waals surface area contributed by atoms with Gasteiger partial charge in [-0.05, 0) is 74.6 Å². The molecule has 1 aromatic heterocycles. The van der Waals surface area contributed by atoms with Crippen molar-refractivity contribution in [1.29, 1.82) is 0 Å². The Bertz CT molecular complexity index is 1220. The number of nitrogens with zero attached hydrogens (tertiary/aromatic N) is 1. The van der Waals surface area contributed by atoms with Gasteiger partial charge in [-0.2, -0.15) is 0 Å². The van der Waals surface area contributed by atoms with Crippen molar-refractivity contribution < 1.29 is 9.90 Å². The molecule has 1 aliphatic rings. The summed E-state index contributed by atoms with van der Waals surface area (Å²) in [6.45, 7) is 3.64. The van der Waals surface area contributed by atoms with Gasteiger partial charge in [0.2, 0.25) is 0 Å². The lowest BCUT2D eigenvalue weighted by molar-refractivity contribution is 0.104. The van der Waals surface area contributed by atoms with Gasteiger partial charge in [0.25, 0.3) is 0 Å². The Morgan fingerprint density at radius 1 is 0.938 bits per heavy atom. The Morgan fingerprint density at radius 2 is 1.69 bits per heavy atom. The second-order valence-electron chi connectivity index (χ2n) is 8.53. The number of hydrogen-bond acceptors (Lipinski definition) is 4. The molecule has 162 valence electrons. The molecule has 0 unspecified atom stereocenters. The molecule has 1 fully saturated rings. The van der Waals surface area contributed by atoms with Gasteiger partial charge in [-0.1, -0.05) is 54.6 Å². The lowest BCUT2D eigenvalue weighted by Gasteiger charge is -2.14. The number of rotatable bonds is 7. The predicted molar refractivity (Wildman–Crippen MR) is 133 cm³/mol. The Kier molecular flexibility index (Phi) is 6.06. The van der Waals surface area contributed by atoms with E-state index in [2.05, 4.69) is 17.0 Å². The van der Waals surface area contributed by atoms with Crippen molar-refractivity contribution in [2.75, 3.05) is 19.6 Å². The Balaban J connectivity index is 1.41. The van der Waals surface area contributed by atoms with E-state index in [-0.39, 0.29) is 11.5 Å². The van der Waals surface area contributed by atoms with Crippen LogP contribution >= 0.6 is 11.3 Å². The van der Waals surface area contributed by atoms with E-state index in [1.165, 1.54) is 31.5 Å². The van der Waals surface area contributed by atoms with E-state index in [9.17, 15) is 9.90 Å². The molecule has 0 atom stereocenters. The molecule has 0 radical (unpaired) electrons. The molecule has 3 aromatic carbocycles. The fraction of sp³-hybridized carbons (Fsp3) is 0.250. The number of fused-ring (bicyclic) bond motifs is 1. The summed E-state index contributed by atoms with van der Waals surface area (Å²) in [7, 11) is 0. The van der Waals surface area contributed by atoms with Crippen LogP contribution in [0.2, 0.25) is 0 Å². The molecule has 0 amide bonds. The predicted octanol–water partition coefficient (Wildman–Crippen LogP) is 6.53. The minimum absolute atomic E-state index is 0.0319. The van der Waals surface area contributed by atoms with Crippen molar-refractivity contribution in [2.45, 2.75) is 25.7 Å². The maximum absolute atomic E-state index is 13.6. The average Bonchev–Trinajstić information content (AvgIpc) is 3.47. The van der Waals surface area contributed by atoms with Crippen LogP contribution in [0.5, 0.6) is 5.75 Å². The van der Waals surface area contributed by atoms with Crippen molar-refractivity contribution in [3.8, 4) is 16.2 Å². The van der Waals surface area contributed by atoms with Crippen LogP contribution in [0.1, 0.15) is 40.7 Å². The first kappa shape index (κ1) is 20.9. The van der Waals surface area contributed by atoms with Crippen LogP contribution in [0.4, 0.5) is 0 Å². The van der Waals surface area contributed by atoms with Crippen LogP contribution < -0.4 is 0 Å². The maximum atomic E-state index is 13.6. The zero-order chi connectivity index (χ0) is 21.9. The Labute approximate surface area is 192 Å². The van der Waals surface area contributed by atoms with Gasteiger partial charge in [-0.25, -0.2) is 0 Å². The summed E-state index contributed by atoms with van der Waals surface area (Å²) >= 11 is 1.55. The lowest BCUT2D eigenvalue weighted by atomic mass is 9.96. The Hall–Kier alpha value is -2.95. The smallest absolute Gasteiger partial charge is 0.195 e. The molecular formula is C28H27NO2S. The van der Waals surface area contributed by atoms with Crippen LogP contribution in [0.15, 0.2) is 72.8 Å². The summed E-state index contributed by atoms with van der Waals surface area (Å²) < 4.78 is 0.922. The number of aromatic hydroxyl groups is 1. The highest BCUT2D eigenvalue weighted by Crippen LogP contribution is 2.41. The van der Waals surface area contributed by atoms with E-state index in [4.69, 9.17) is 0 Å². The first-order chi connectivity index (χ1) is 15.7. The third-order valence-electron chi connectivity index (χ3n) is 6.29. The second kappa shape index (κ2) is 9.27. The molecule has 1 aliphatic heterocycles. The van der Waals surface area contributed by atoms with E-state index < -0.39 is 0 Å². The van der Waals surface area contributed by atoms with E-state index in [1.807, 2.05) is 48.5 Å². The Morgan fingerprint density at radius 3 is 2.44 bits per heavy atom. The van der Waals surface area contributed by atoms with Gasteiger partial charge >= 0.3 is 0 Å². The third kappa shape index (κ3) is 4.34. The molecule has 5 rings (SSSR count). The fourth-order valence-corrected chi connectivity index (χ4v) is 5.82. The molecule has 0 bridgehead atoms. The van der Waals surface area contributed by atoms with Crippen LogP contribution in [0, 0.1) is 0 Å². The molecule has 1 saturated heterocycles. The van der Waals surface area contributed by atoms with E-state index in [1.54, 1.807) is 23.5 Å². The van der Waals surface area contributed by atoms with Gasteiger partial charge in [-0.15, -0.1) is 11.3 Å². The zero-order valence-electron chi connectivity index (χ0n) is 18.1. The van der Waals surface area contributed by atoms with Gasteiger partial charge in [0.05, 0.1) is 0 Å². The molecule has 0 saturated carbocycles. The zero-order valence-corrected chi connectivity index (χ0v) is 18.9. The van der Waals surface area contributed by atoms with Crippen molar-refractivity contribution >= 4 is 27.2 Å². The number of thiophene rings is 1. The summed E-state index contributed by atoms with van der Waals surface area (Å²) in [6.07, 6.45) is 4.86. The summed E-state index contributed by atoms with van der Waals surface area (Å²) in [5.74, 6) is 0.250. The minimum Gasteiger partial charge on any atom is -0.508 e. The van der Waals surface area contributed by atoms with Gasteiger partial charge < -0.3 is 10.0 Å². The number of phenols is 1. The first-order valence-electron chi connectivity index (χ1n) is 11.4. The number of likely N-dealkylation sites (tertiary alicyclic amines) is 1. The topological polar surface area (TPSA) is 40.5 Å². The average molecular weight is 442 g/mol. The molecule has 32 heavy (non-hydrogen) atoms. The highest BCUT2D eigenvalue weighted by molar-refractivity contribution is 7.22. The highest BCUT2D eigenvalue weighted by Gasteiger charge is 2.21. The number of carbonyl (C=O) groups is 1. The minimum atomic E-state index is 0.0319. The van der Waals surface area contributed by atoms with Crippen molar-refractivity contribution in [3.05, 3.63) is 89.5 Å².